The minimum absolute atomic E-state index is 0.216. The van der Waals surface area contributed by atoms with Crippen LogP contribution in [0.25, 0.3) is 0 Å². The van der Waals surface area contributed by atoms with Crippen molar-refractivity contribution in [2.45, 2.75) is 12.5 Å². The minimum Gasteiger partial charge on any atom is -0.324 e. The average Bonchev–Trinajstić information content (AvgIpc) is 2.35. The number of rotatable bonds is 3. The van der Waals surface area contributed by atoms with Gasteiger partial charge in [-0.1, -0.05) is 24.3 Å². The fraction of sp³-hybridized carbons (Fsp3) is 0.143. The van der Waals surface area contributed by atoms with Gasteiger partial charge in [0, 0.05) is 15.2 Å². The Labute approximate surface area is 118 Å². The Morgan fingerprint density at radius 3 is 2.39 bits per heavy atom. The van der Waals surface area contributed by atoms with Crippen molar-refractivity contribution in [3.63, 3.8) is 0 Å². The van der Waals surface area contributed by atoms with E-state index in [0.29, 0.717) is 6.42 Å². The summed E-state index contributed by atoms with van der Waals surface area (Å²) in [7, 11) is 0. The summed E-state index contributed by atoms with van der Waals surface area (Å²) in [4.78, 5) is 0. The molecular formula is C14H12F2IN. The predicted molar refractivity (Wildman–Crippen MR) is 76.1 cm³/mol. The SMILES string of the molecule is NC(Cc1ccc(I)cc1)c1cccc(F)c1F. The van der Waals surface area contributed by atoms with E-state index >= 15 is 0 Å². The van der Waals surface area contributed by atoms with E-state index in [1.54, 1.807) is 0 Å². The van der Waals surface area contributed by atoms with Gasteiger partial charge in [-0.25, -0.2) is 8.78 Å². The van der Waals surface area contributed by atoms with Crippen molar-refractivity contribution in [1.82, 2.24) is 0 Å². The first kappa shape index (κ1) is 13.4. The second-order valence-corrected chi connectivity index (χ2v) is 5.33. The first-order valence-electron chi connectivity index (χ1n) is 5.52. The standard InChI is InChI=1S/C14H12F2IN/c15-12-3-1-2-11(14(12)16)13(18)8-9-4-6-10(17)7-5-9/h1-7,13H,8,18H2. The maximum Gasteiger partial charge on any atom is 0.163 e. The van der Waals surface area contributed by atoms with Crippen molar-refractivity contribution in [3.8, 4) is 0 Å². The second kappa shape index (κ2) is 5.75. The zero-order valence-electron chi connectivity index (χ0n) is 9.54. The molecule has 0 radical (unpaired) electrons. The lowest BCUT2D eigenvalue weighted by Crippen LogP contribution is -2.15. The Kier molecular flexibility index (Phi) is 4.29. The molecule has 1 nitrogen and oxygen atoms in total. The fourth-order valence-electron chi connectivity index (χ4n) is 1.79. The van der Waals surface area contributed by atoms with E-state index in [4.69, 9.17) is 5.73 Å². The van der Waals surface area contributed by atoms with Crippen molar-refractivity contribution >= 4 is 22.6 Å². The molecule has 0 aliphatic carbocycles. The van der Waals surface area contributed by atoms with Crippen LogP contribution in [0.2, 0.25) is 0 Å². The van der Waals surface area contributed by atoms with Gasteiger partial charge in [0.1, 0.15) is 0 Å². The van der Waals surface area contributed by atoms with Crippen molar-refractivity contribution in [3.05, 3.63) is 68.8 Å². The molecule has 1 atom stereocenters. The molecular weight excluding hydrogens is 347 g/mol. The second-order valence-electron chi connectivity index (χ2n) is 4.08. The summed E-state index contributed by atoms with van der Waals surface area (Å²) >= 11 is 2.21. The van der Waals surface area contributed by atoms with Gasteiger partial charge in [-0.3, -0.25) is 0 Å². The quantitative estimate of drug-likeness (QED) is 0.829. The highest BCUT2D eigenvalue weighted by Gasteiger charge is 2.14. The average molecular weight is 359 g/mol. The van der Waals surface area contributed by atoms with E-state index in [1.807, 2.05) is 24.3 Å². The molecule has 18 heavy (non-hydrogen) atoms. The third kappa shape index (κ3) is 3.05. The lowest BCUT2D eigenvalue weighted by molar-refractivity contribution is 0.488. The van der Waals surface area contributed by atoms with E-state index < -0.39 is 17.7 Å². The van der Waals surface area contributed by atoms with Crippen LogP contribution in [0.4, 0.5) is 8.78 Å². The molecule has 1 unspecified atom stereocenters. The topological polar surface area (TPSA) is 26.0 Å². The van der Waals surface area contributed by atoms with Crippen LogP contribution in [0, 0.1) is 15.2 Å². The molecule has 0 aliphatic rings. The molecule has 2 N–H and O–H groups in total. The molecule has 0 amide bonds. The summed E-state index contributed by atoms with van der Waals surface area (Å²) in [6.45, 7) is 0. The van der Waals surface area contributed by atoms with E-state index in [1.165, 1.54) is 12.1 Å². The lowest BCUT2D eigenvalue weighted by atomic mass is 9.99. The van der Waals surface area contributed by atoms with Crippen LogP contribution in [-0.2, 0) is 6.42 Å². The molecule has 0 saturated heterocycles. The largest absolute Gasteiger partial charge is 0.324 e. The Balaban J connectivity index is 2.19. The summed E-state index contributed by atoms with van der Waals surface area (Å²) < 4.78 is 27.8. The van der Waals surface area contributed by atoms with Gasteiger partial charge in [-0.15, -0.1) is 0 Å². The first-order chi connectivity index (χ1) is 8.58. The van der Waals surface area contributed by atoms with Crippen molar-refractivity contribution in [2.75, 3.05) is 0 Å². The van der Waals surface area contributed by atoms with Crippen LogP contribution >= 0.6 is 22.6 Å². The molecule has 2 aromatic rings. The molecule has 0 aliphatic heterocycles. The predicted octanol–water partition coefficient (Wildman–Crippen LogP) is 3.81. The number of hydrogen-bond donors (Lipinski definition) is 1. The van der Waals surface area contributed by atoms with Crippen LogP contribution in [0.15, 0.2) is 42.5 Å². The van der Waals surface area contributed by atoms with Gasteiger partial charge < -0.3 is 5.73 Å². The molecule has 2 aromatic carbocycles. The molecule has 94 valence electrons. The Morgan fingerprint density at radius 1 is 1.06 bits per heavy atom. The zero-order chi connectivity index (χ0) is 13.1. The highest BCUT2D eigenvalue weighted by molar-refractivity contribution is 14.1. The van der Waals surface area contributed by atoms with Crippen molar-refractivity contribution < 1.29 is 8.78 Å². The molecule has 0 fully saturated rings. The monoisotopic (exact) mass is 359 g/mol. The Morgan fingerprint density at radius 2 is 1.72 bits per heavy atom. The fourth-order valence-corrected chi connectivity index (χ4v) is 2.15. The molecule has 0 saturated carbocycles. The third-order valence-electron chi connectivity index (χ3n) is 2.75. The highest BCUT2D eigenvalue weighted by atomic mass is 127. The molecule has 0 spiro atoms. The normalized spacial score (nSPS) is 12.4. The van der Waals surface area contributed by atoms with Gasteiger partial charge in [0.05, 0.1) is 0 Å². The summed E-state index contributed by atoms with van der Waals surface area (Å²) in [5.74, 6) is -1.71. The van der Waals surface area contributed by atoms with Crippen molar-refractivity contribution in [2.24, 2.45) is 5.73 Å². The van der Waals surface area contributed by atoms with E-state index in [2.05, 4.69) is 22.6 Å². The number of nitrogens with two attached hydrogens (primary N) is 1. The van der Waals surface area contributed by atoms with E-state index in [9.17, 15) is 8.78 Å². The number of benzene rings is 2. The Hall–Kier alpha value is -1.01. The number of hydrogen-bond acceptors (Lipinski definition) is 1. The van der Waals surface area contributed by atoms with Crippen LogP contribution in [0.3, 0.4) is 0 Å². The minimum atomic E-state index is -0.856. The van der Waals surface area contributed by atoms with E-state index in [0.717, 1.165) is 15.2 Å². The maximum atomic E-state index is 13.6. The van der Waals surface area contributed by atoms with Gasteiger partial charge in [0.25, 0.3) is 0 Å². The van der Waals surface area contributed by atoms with E-state index in [-0.39, 0.29) is 5.56 Å². The molecule has 2 rings (SSSR count). The summed E-state index contributed by atoms with van der Waals surface area (Å²) in [6, 6.07) is 11.4. The van der Waals surface area contributed by atoms with Crippen molar-refractivity contribution in [1.29, 1.82) is 0 Å². The molecule has 0 heterocycles. The number of halogens is 3. The lowest BCUT2D eigenvalue weighted by Gasteiger charge is -2.13. The first-order valence-corrected chi connectivity index (χ1v) is 6.59. The van der Waals surface area contributed by atoms with Gasteiger partial charge in [-0.05, 0) is 52.8 Å². The van der Waals surface area contributed by atoms with Crippen LogP contribution in [0.1, 0.15) is 17.2 Å². The van der Waals surface area contributed by atoms with Gasteiger partial charge >= 0.3 is 0 Å². The van der Waals surface area contributed by atoms with Gasteiger partial charge in [-0.2, -0.15) is 0 Å². The van der Waals surface area contributed by atoms with Gasteiger partial charge in [0.2, 0.25) is 0 Å². The summed E-state index contributed by atoms with van der Waals surface area (Å²) in [6.07, 6.45) is 0.483. The van der Waals surface area contributed by atoms with Crippen LogP contribution in [0.5, 0.6) is 0 Å². The molecule has 0 bridgehead atoms. The molecule has 4 heteroatoms. The maximum absolute atomic E-state index is 13.6. The zero-order valence-corrected chi connectivity index (χ0v) is 11.7. The highest BCUT2D eigenvalue weighted by Crippen LogP contribution is 2.21. The van der Waals surface area contributed by atoms with Gasteiger partial charge in [0.15, 0.2) is 11.6 Å². The molecule has 0 aromatic heterocycles. The van der Waals surface area contributed by atoms with Crippen LogP contribution < -0.4 is 5.73 Å². The summed E-state index contributed by atoms with van der Waals surface area (Å²) in [5, 5.41) is 0. The smallest absolute Gasteiger partial charge is 0.163 e. The van der Waals surface area contributed by atoms with Crippen LogP contribution in [-0.4, -0.2) is 0 Å². The third-order valence-corrected chi connectivity index (χ3v) is 3.47. The summed E-state index contributed by atoms with van der Waals surface area (Å²) in [5.41, 5.74) is 7.15. The Bertz CT molecular complexity index is 540.